The molecule has 0 aliphatic carbocycles. The molecule has 0 aliphatic heterocycles. The summed E-state index contributed by atoms with van der Waals surface area (Å²) in [4.78, 5) is 2.05. The predicted molar refractivity (Wildman–Crippen MR) is 89.7 cm³/mol. The van der Waals surface area contributed by atoms with Crippen LogP contribution >= 0.6 is 11.3 Å². The van der Waals surface area contributed by atoms with E-state index in [-0.39, 0.29) is 17.3 Å². The Labute approximate surface area is 154 Å². The van der Waals surface area contributed by atoms with E-state index in [0.717, 1.165) is 17.0 Å². The van der Waals surface area contributed by atoms with E-state index in [1.807, 2.05) is 17.5 Å². The summed E-state index contributed by atoms with van der Waals surface area (Å²) in [5.74, 6) is 0.724. The molecule has 3 heterocycles. The molecule has 1 atom stereocenters. The first kappa shape index (κ1) is 17.3. The summed E-state index contributed by atoms with van der Waals surface area (Å²) in [5, 5.41) is 21.8. The minimum atomic E-state index is -4.44. The average molecular weight is 392 g/mol. The van der Waals surface area contributed by atoms with Gasteiger partial charge in [0.25, 0.3) is 5.89 Å². The van der Waals surface area contributed by atoms with Crippen molar-refractivity contribution < 1.29 is 17.6 Å². The Balaban J connectivity index is 1.59. The Hall–Kier alpha value is -3.08. The van der Waals surface area contributed by atoms with Crippen molar-refractivity contribution in [2.24, 2.45) is 0 Å². The van der Waals surface area contributed by atoms with E-state index in [1.54, 1.807) is 6.92 Å². The van der Waals surface area contributed by atoms with Crippen molar-refractivity contribution in [2.75, 3.05) is 0 Å². The van der Waals surface area contributed by atoms with Gasteiger partial charge in [0, 0.05) is 5.56 Å². The van der Waals surface area contributed by atoms with Crippen LogP contribution in [0.4, 0.5) is 13.2 Å². The van der Waals surface area contributed by atoms with Crippen LogP contribution in [-0.2, 0) is 6.18 Å². The van der Waals surface area contributed by atoms with Gasteiger partial charge in [0.05, 0.1) is 10.4 Å². The van der Waals surface area contributed by atoms with Gasteiger partial charge in [0.15, 0.2) is 0 Å². The SMILES string of the molecule is CC(c1nnc(-c2cccs2)o1)n1nnc(-c2cccc(C(F)(F)F)c2)n1. The topological polar surface area (TPSA) is 82.5 Å². The highest BCUT2D eigenvalue weighted by molar-refractivity contribution is 7.13. The number of nitrogens with zero attached hydrogens (tertiary/aromatic N) is 6. The lowest BCUT2D eigenvalue weighted by Gasteiger charge is -2.07. The summed E-state index contributed by atoms with van der Waals surface area (Å²) in [6.07, 6.45) is -4.44. The third-order valence-corrected chi connectivity index (χ3v) is 4.61. The van der Waals surface area contributed by atoms with E-state index in [1.165, 1.54) is 28.3 Å². The van der Waals surface area contributed by atoms with Gasteiger partial charge in [-0.2, -0.15) is 18.0 Å². The molecule has 0 saturated heterocycles. The molecule has 0 fully saturated rings. The fraction of sp³-hybridized carbons (Fsp3) is 0.188. The molecule has 0 N–H and O–H groups in total. The minimum Gasteiger partial charge on any atom is -0.417 e. The van der Waals surface area contributed by atoms with Crippen molar-refractivity contribution >= 4 is 11.3 Å². The van der Waals surface area contributed by atoms with Gasteiger partial charge in [0.1, 0.15) is 6.04 Å². The number of benzene rings is 1. The molecule has 0 radical (unpaired) electrons. The summed E-state index contributed by atoms with van der Waals surface area (Å²) in [6, 6.07) is 7.95. The maximum atomic E-state index is 12.9. The summed E-state index contributed by atoms with van der Waals surface area (Å²) in [7, 11) is 0. The number of hydrogen-bond acceptors (Lipinski definition) is 7. The number of alkyl halides is 3. The summed E-state index contributed by atoms with van der Waals surface area (Å²) < 4.78 is 44.2. The summed E-state index contributed by atoms with van der Waals surface area (Å²) in [5.41, 5.74) is -0.560. The van der Waals surface area contributed by atoms with Crippen molar-refractivity contribution in [3.63, 3.8) is 0 Å². The number of thiophene rings is 1. The molecule has 4 rings (SSSR count). The molecule has 27 heavy (non-hydrogen) atoms. The number of rotatable bonds is 4. The van der Waals surface area contributed by atoms with E-state index in [9.17, 15) is 13.2 Å². The molecule has 11 heteroatoms. The Bertz CT molecular complexity index is 1060. The summed E-state index contributed by atoms with van der Waals surface area (Å²) in [6.45, 7) is 1.73. The molecule has 1 unspecified atom stereocenters. The zero-order valence-electron chi connectivity index (χ0n) is 13.8. The molecule has 4 aromatic rings. The Morgan fingerprint density at radius 3 is 2.70 bits per heavy atom. The van der Waals surface area contributed by atoms with Gasteiger partial charge in [-0.25, -0.2) is 0 Å². The predicted octanol–water partition coefficient (Wildman–Crippen LogP) is 4.08. The molecule has 1 aromatic carbocycles. The van der Waals surface area contributed by atoms with E-state index in [2.05, 4.69) is 25.6 Å². The third kappa shape index (κ3) is 3.45. The number of aromatic nitrogens is 6. The van der Waals surface area contributed by atoms with Gasteiger partial charge in [-0.3, -0.25) is 0 Å². The second kappa shape index (κ2) is 6.58. The lowest BCUT2D eigenvalue weighted by atomic mass is 10.1. The molecular weight excluding hydrogens is 381 g/mol. The van der Waals surface area contributed by atoms with E-state index >= 15 is 0 Å². The number of tetrazole rings is 1. The first-order valence-corrected chi connectivity index (χ1v) is 8.64. The zero-order chi connectivity index (χ0) is 19.0. The van der Waals surface area contributed by atoms with Gasteiger partial charge in [-0.05, 0) is 35.7 Å². The molecule has 138 valence electrons. The standard InChI is InChI=1S/C16H11F3N6OS/c1-9(14-21-22-15(26-14)12-6-3-7-27-12)25-23-13(20-24-25)10-4-2-5-11(8-10)16(17,18)19/h2-9H,1H3. The van der Waals surface area contributed by atoms with Crippen LogP contribution in [0.1, 0.15) is 24.4 Å². The van der Waals surface area contributed by atoms with Crippen LogP contribution in [0.25, 0.3) is 22.2 Å². The Kier molecular flexibility index (Phi) is 4.22. The highest BCUT2D eigenvalue weighted by Crippen LogP contribution is 2.31. The second-order valence-electron chi connectivity index (χ2n) is 5.61. The maximum Gasteiger partial charge on any atom is 0.416 e. The summed E-state index contributed by atoms with van der Waals surface area (Å²) >= 11 is 1.46. The fourth-order valence-electron chi connectivity index (χ4n) is 2.34. The van der Waals surface area contributed by atoms with Crippen LogP contribution in [0.2, 0.25) is 0 Å². The fourth-order valence-corrected chi connectivity index (χ4v) is 2.99. The molecule has 7 nitrogen and oxygen atoms in total. The van der Waals surface area contributed by atoms with E-state index in [0.29, 0.717) is 5.89 Å². The van der Waals surface area contributed by atoms with Crippen molar-refractivity contribution in [3.05, 3.63) is 53.2 Å². The quantitative estimate of drug-likeness (QED) is 0.520. The van der Waals surface area contributed by atoms with Crippen LogP contribution in [0.15, 0.2) is 46.2 Å². The highest BCUT2D eigenvalue weighted by Gasteiger charge is 2.31. The second-order valence-corrected chi connectivity index (χ2v) is 6.56. The lowest BCUT2D eigenvalue weighted by Crippen LogP contribution is -2.11. The van der Waals surface area contributed by atoms with Crippen LogP contribution in [-0.4, -0.2) is 30.4 Å². The van der Waals surface area contributed by atoms with Crippen LogP contribution in [0.3, 0.4) is 0 Å². The number of hydrogen-bond donors (Lipinski definition) is 0. The highest BCUT2D eigenvalue weighted by atomic mass is 32.1. The molecule has 0 spiro atoms. The van der Waals surface area contributed by atoms with Gasteiger partial charge < -0.3 is 4.42 Å². The normalized spacial score (nSPS) is 13.0. The van der Waals surface area contributed by atoms with Crippen molar-refractivity contribution in [3.8, 4) is 22.2 Å². The van der Waals surface area contributed by atoms with Crippen molar-refractivity contribution in [2.45, 2.75) is 19.1 Å². The third-order valence-electron chi connectivity index (χ3n) is 3.75. The van der Waals surface area contributed by atoms with Gasteiger partial charge in [-0.15, -0.1) is 31.7 Å². The minimum absolute atomic E-state index is 0.0749. The van der Waals surface area contributed by atoms with E-state index < -0.39 is 17.8 Å². The zero-order valence-corrected chi connectivity index (χ0v) is 14.6. The molecular formula is C16H11F3N6OS. The maximum absolute atomic E-state index is 12.9. The molecule has 0 aliphatic rings. The van der Waals surface area contributed by atoms with Crippen LogP contribution in [0, 0.1) is 0 Å². The van der Waals surface area contributed by atoms with Gasteiger partial charge >= 0.3 is 6.18 Å². The molecule has 3 aromatic heterocycles. The lowest BCUT2D eigenvalue weighted by molar-refractivity contribution is -0.137. The van der Waals surface area contributed by atoms with Gasteiger partial charge in [-0.1, -0.05) is 18.2 Å². The van der Waals surface area contributed by atoms with Gasteiger partial charge in [0.2, 0.25) is 11.7 Å². The first-order chi connectivity index (χ1) is 12.9. The molecule has 0 bridgehead atoms. The van der Waals surface area contributed by atoms with Crippen molar-refractivity contribution in [1.82, 2.24) is 30.4 Å². The smallest absolute Gasteiger partial charge is 0.416 e. The van der Waals surface area contributed by atoms with E-state index in [4.69, 9.17) is 4.42 Å². The monoisotopic (exact) mass is 392 g/mol. The van der Waals surface area contributed by atoms with Crippen molar-refractivity contribution in [1.29, 1.82) is 0 Å². The van der Waals surface area contributed by atoms with Crippen LogP contribution in [0.5, 0.6) is 0 Å². The first-order valence-electron chi connectivity index (χ1n) is 7.76. The largest absolute Gasteiger partial charge is 0.417 e. The van der Waals surface area contributed by atoms with Crippen LogP contribution < -0.4 is 0 Å². The molecule has 0 saturated carbocycles. The Morgan fingerprint density at radius 1 is 1.11 bits per heavy atom. The molecule has 0 amide bonds. The average Bonchev–Trinajstić information content (AvgIpc) is 3.41. The number of halogens is 3. The Morgan fingerprint density at radius 2 is 1.96 bits per heavy atom.